The first-order chi connectivity index (χ1) is 18.1. The Hall–Kier alpha value is -1.42. The Morgan fingerprint density at radius 2 is 0.919 bits per heavy atom. The number of unbranched alkanes of at least 4 members (excludes halogenated alkanes) is 14. The summed E-state index contributed by atoms with van der Waals surface area (Å²) in [6.07, 6.45) is 20.8. The summed E-state index contributed by atoms with van der Waals surface area (Å²) in [4.78, 5) is 0. The Morgan fingerprint density at radius 3 is 1.30 bits per heavy atom. The molecule has 2 aromatic carbocycles. The first-order valence-corrected chi connectivity index (χ1v) is 17.3. The van der Waals surface area contributed by atoms with Gasteiger partial charge in [0, 0.05) is 12.7 Å². The van der Waals surface area contributed by atoms with E-state index in [4.69, 9.17) is 8.85 Å². The fourth-order valence-electron chi connectivity index (χ4n) is 4.91. The molecule has 0 aliphatic carbocycles. The van der Waals surface area contributed by atoms with Crippen LogP contribution in [-0.4, -0.2) is 21.3 Å². The van der Waals surface area contributed by atoms with Crippen molar-refractivity contribution in [2.75, 3.05) is 6.61 Å². The summed E-state index contributed by atoms with van der Waals surface area (Å²) in [6, 6.07) is 21.4. The van der Waals surface area contributed by atoms with Gasteiger partial charge in [-0.25, -0.2) is 0 Å². The van der Waals surface area contributed by atoms with E-state index in [1.54, 1.807) is 0 Å². The molecular formula is C34H56O2Si. The van der Waals surface area contributed by atoms with E-state index in [0.29, 0.717) is 5.92 Å². The Balaban J connectivity index is 1.74. The Labute approximate surface area is 230 Å². The van der Waals surface area contributed by atoms with E-state index in [-0.39, 0.29) is 6.10 Å². The summed E-state index contributed by atoms with van der Waals surface area (Å²) in [6.45, 7) is 9.71. The zero-order chi connectivity index (χ0) is 26.6. The molecule has 1 atom stereocenters. The third-order valence-electron chi connectivity index (χ3n) is 7.65. The number of hydrogen-bond acceptors (Lipinski definition) is 2. The molecule has 0 amide bonds. The van der Waals surface area contributed by atoms with Gasteiger partial charge in [0.1, 0.15) is 0 Å². The van der Waals surface area contributed by atoms with Crippen LogP contribution < -0.4 is 10.4 Å². The van der Waals surface area contributed by atoms with Crippen molar-refractivity contribution in [1.29, 1.82) is 0 Å². The van der Waals surface area contributed by atoms with Crippen LogP contribution in [0.3, 0.4) is 0 Å². The molecule has 0 N–H and O–H groups in total. The van der Waals surface area contributed by atoms with E-state index >= 15 is 0 Å². The lowest BCUT2D eigenvalue weighted by molar-refractivity contribution is 0.109. The van der Waals surface area contributed by atoms with Gasteiger partial charge < -0.3 is 8.85 Å². The second-order valence-corrected chi connectivity index (χ2v) is 14.1. The SMILES string of the molecule is CCCCCCCCCCCCCCCCCO[Si](OC(C)C(C)C)(c1ccccc1)c1ccccc1. The molecule has 0 spiro atoms. The molecular weight excluding hydrogens is 468 g/mol. The molecule has 0 aliphatic heterocycles. The summed E-state index contributed by atoms with van der Waals surface area (Å²) in [5.74, 6) is 0.439. The van der Waals surface area contributed by atoms with Crippen molar-refractivity contribution in [1.82, 2.24) is 0 Å². The average Bonchev–Trinajstić information content (AvgIpc) is 2.93. The van der Waals surface area contributed by atoms with Crippen LogP contribution in [0, 0.1) is 5.92 Å². The number of hydrogen-bond donors (Lipinski definition) is 0. The van der Waals surface area contributed by atoms with Gasteiger partial charge in [-0.15, -0.1) is 0 Å². The summed E-state index contributed by atoms with van der Waals surface area (Å²) in [5.41, 5.74) is 0. The second kappa shape index (κ2) is 19.6. The largest absolute Gasteiger partial charge is 0.407 e. The summed E-state index contributed by atoms with van der Waals surface area (Å²) in [5, 5.41) is 2.41. The lowest BCUT2D eigenvalue weighted by atomic mass is 10.0. The smallest absolute Gasteiger partial charge is 0.388 e. The zero-order valence-corrected chi connectivity index (χ0v) is 25.6. The maximum atomic E-state index is 6.91. The van der Waals surface area contributed by atoms with Crippen LogP contribution in [0.2, 0.25) is 0 Å². The topological polar surface area (TPSA) is 18.5 Å². The van der Waals surface area contributed by atoms with Gasteiger partial charge in [-0.1, -0.05) is 171 Å². The highest BCUT2D eigenvalue weighted by Crippen LogP contribution is 2.18. The van der Waals surface area contributed by atoms with Crippen LogP contribution >= 0.6 is 0 Å². The first-order valence-electron chi connectivity index (χ1n) is 15.5. The van der Waals surface area contributed by atoms with E-state index in [1.807, 2.05) is 0 Å². The minimum Gasteiger partial charge on any atom is -0.388 e. The highest BCUT2D eigenvalue weighted by atomic mass is 28.4. The lowest BCUT2D eigenvalue weighted by Crippen LogP contribution is -2.65. The van der Waals surface area contributed by atoms with Gasteiger partial charge in [0.15, 0.2) is 0 Å². The molecule has 0 aromatic heterocycles. The van der Waals surface area contributed by atoms with Gasteiger partial charge in [-0.2, -0.15) is 0 Å². The molecule has 208 valence electrons. The number of benzene rings is 2. The first kappa shape index (κ1) is 31.8. The maximum Gasteiger partial charge on any atom is 0.407 e. The van der Waals surface area contributed by atoms with Crippen LogP contribution in [0.15, 0.2) is 60.7 Å². The molecule has 0 bridgehead atoms. The average molecular weight is 525 g/mol. The molecule has 0 aliphatic rings. The van der Waals surface area contributed by atoms with Gasteiger partial charge in [0.25, 0.3) is 0 Å². The summed E-state index contributed by atoms with van der Waals surface area (Å²) >= 11 is 0. The third-order valence-corrected chi connectivity index (χ3v) is 11.2. The van der Waals surface area contributed by atoms with Crippen LogP contribution in [-0.2, 0) is 8.85 Å². The minimum atomic E-state index is -2.78. The van der Waals surface area contributed by atoms with Gasteiger partial charge in [-0.3, -0.25) is 0 Å². The predicted octanol–water partition coefficient (Wildman–Crippen LogP) is 9.19. The summed E-state index contributed by atoms with van der Waals surface area (Å²) in [7, 11) is -2.78. The molecule has 3 heteroatoms. The Bertz CT molecular complexity index is 737. The lowest BCUT2D eigenvalue weighted by Gasteiger charge is -2.35. The summed E-state index contributed by atoms with van der Waals surface area (Å²) < 4.78 is 13.8. The molecule has 2 aromatic rings. The van der Waals surface area contributed by atoms with Gasteiger partial charge >= 0.3 is 8.56 Å². The van der Waals surface area contributed by atoms with Crippen molar-refractivity contribution in [3.05, 3.63) is 60.7 Å². The molecule has 2 rings (SSSR count). The van der Waals surface area contributed by atoms with Gasteiger partial charge in [-0.05, 0) is 29.6 Å². The van der Waals surface area contributed by atoms with E-state index in [1.165, 1.54) is 100 Å². The Kier molecular flexibility index (Phi) is 16.9. The zero-order valence-electron chi connectivity index (χ0n) is 24.6. The van der Waals surface area contributed by atoms with Gasteiger partial charge in [0.05, 0.1) is 0 Å². The monoisotopic (exact) mass is 524 g/mol. The quantitative estimate of drug-likeness (QED) is 0.113. The normalized spacial score (nSPS) is 12.8. The predicted molar refractivity (Wildman–Crippen MR) is 164 cm³/mol. The van der Waals surface area contributed by atoms with E-state index < -0.39 is 8.56 Å². The van der Waals surface area contributed by atoms with Crippen molar-refractivity contribution in [3.63, 3.8) is 0 Å². The highest BCUT2D eigenvalue weighted by molar-refractivity contribution is 6.92. The van der Waals surface area contributed by atoms with Crippen LogP contribution in [0.1, 0.15) is 124 Å². The van der Waals surface area contributed by atoms with E-state index in [0.717, 1.165) is 13.0 Å². The van der Waals surface area contributed by atoms with Crippen LogP contribution in [0.25, 0.3) is 0 Å². The van der Waals surface area contributed by atoms with E-state index in [9.17, 15) is 0 Å². The fraction of sp³-hybridized carbons (Fsp3) is 0.647. The van der Waals surface area contributed by atoms with Crippen molar-refractivity contribution in [2.45, 2.75) is 130 Å². The molecule has 0 fully saturated rings. The van der Waals surface area contributed by atoms with Crippen molar-refractivity contribution >= 4 is 18.9 Å². The fourth-order valence-corrected chi connectivity index (χ4v) is 8.40. The second-order valence-electron chi connectivity index (χ2n) is 11.2. The van der Waals surface area contributed by atoms with Crippen molar-refractivity contribution in [2.24, 2.45) is 5.92 Å². The van der Waals surface area contributed by atoms with Crippen molar-refractivity contribution < 1.29 is 8.85 Å². The molecule has 2 nitrogen and oxygen atoms in total. The number of rotatable bonds is 22. The van der Waals surface area contributed by atoms with Crippen molar-refractivity contribution in [3.8, 4) is 0 Å². The van der Waals surface area contributed by atoms with E-state index in [2.05, 4.69) is 88.4 Å². The molecule has 0 heterocycles. The molecule has 0 radical (unpaired) electrons. The van der Waals surface area contributed by atoms with Crippen LogP contribution in [0.5, 0.6) is 0 Å². The maximum absolute atomic E-state index is 6.91. The Morgan fingerprint density at radius 1 is 0.541 bits per heavy atom. The molecule has 0 saturated carbocycles. The third kappa shape index (κ3) is 12.3. The standard InChI is InChI=1S/C34H56O2Si/c1-5-6-7-8-9-10-11-12-13-14-15-16-17-18-25-30-35-37(36-32(4)31(2)3,33-26-21-19-22-27-33)34-28-23-20-24-29-34/h19-24,26-29,31-32H,5-18,25,30H2,1-4H3. The minimum absolute atomic E-state index is 0.133. The van der Waals surface area contributed by atoms with Gasteiger partial charge in [0.2, 0.25) is 0 Å². The molecule has 0 saturated heterocycles. The molecule has 37 heavy (non-hydrogen) atoms. The highest BCUT2D eigenvalue weighted by Gasteiger charge is 2.44. The van der Waals surface area contributed by atoms with Crippen LogP contribution in [0.4, 0.5) is 0 Å². The molecule has 1 unspecified atom stereocenters.